The van der Waals surface area contributed by atoms with Gasteiger partial charge in [-0.2, -0.15) is 0 Å². The molecule has 0 spiro atoms. The Hall–Kier alpha value is -4.68. The summed E-state index contributed by atoms with van der Waals surface area (Å²) in [6, 6.07) is 49.1. The molecular formula is C36H22. The number of hydrogen-bond donors (Lipinski definition) is 0. The molecule has 0 aliphatic rings. The van der Waals surface area contributed by atoms with Crippen molar-refractivity contribution in [2.45, 2.75) is 0 Å². The molecule has 0 heterocycles. The average Bonchev–Trinajstić information content (AvgIpc) is 2.96. The van der Waals surface area contributed by atoms with Crippen molar-refractivity contribution in [2.75, 3.05) is 0 Å². The van der Waals surface area contributed by atoms with E-state index in [0.717, 1.165) is 0 Å². The Kier molecular flexibility index (Phi) is 4.03. The second kappa shape index (κ2) is 7.41. The zero-order valence-corrected chi connectivity index (χ0v) is 19.7. The SMILES string of the molecule is c1ccc2c(c1)ccc1cc(-c3cc4c5ccccc5c5ccccc5c4c4ccccc34)ccc12. The molecule has 0 bridgehead atoms. The van der Waals surface area contributed by atoms with Crippen molar-refractivity contribution < 1.29 is 0 Å². The Morgan fingerprint density at radius 1 is 0.278 bits per heavy atom. The fourth-order valence-electron chi connectivity index (χ4n) is 6.19. The van der Waals surface area contributed by atoms with Crippen molar-refractivity contribution in [3.8, 4) is 11.1 Å². The summed E-state index contributed by atoms with van der Waals surface area (Å²) in [7, 11) is 0. The molecule has 0 aromatic heterocycles. The molecule has 0 fully saturated rings. The maximum absolute atomic E-state index is 2.43. The highest BCUT2D eigenvalue weighted by Gasteiger charge is 2.15. The summed E-state index contributed by atoms with van der Waals surface area (Å²) in [5.41, 5.74) is 2.54. The highest BCUT2D eigenvalue weighted by Crippen LogP contribution is 2.43. The van der Waals surface area contributed by atoms with Crippen molar-refractivity contribution in [2.24, 2.45) is 0 Å². The number of hydrogen-bond acceptors (Lipinski definition) is 0. The third kappa shape index (κ3) is 2.70. The fourth-order valence-corrected chi connectivity index (χ4v) is 6.19. The zero-order valence-electron chi connectivity index (χ0n) is 19.7. The highest BCUT2D eigenvalue weighted by atomic mass is 14.2. The molecule has 0 saturated heterocycles. The lowest BCUT2D eigenvalue weighted by atomic mass is 9.87. The Morgan fingerprint density at radius 2 is 0.778 bits per heavy atom. The quantitative estimate of drug-likeness (QED) is 0.216. The fraction of sp³-hybridized carbons (Fsp3) is 0. The van der Waals surface area contributed by atoms with Gasteiger partial charge in [-0.3, -0.25) is 0 Å². The van der Waals surface area contributed by atoms with Crippen LogP contribution in [-0.4, -0.2) is 0 Å². The van der Waals surface area contributed by atoms with E-state index in [1.165, 1.54) is 75.8 Å². The Balaban J connectivity index is 1.53. The number of rotatable bonds is 1. The molecule has 166 valence electrons. The van der Waals surface area contributed by atoms with Crippen LogP contribution < -0.4 is 0 Å². The summed E-state index contributed by atoms with van der Waals surface area (Å²) in [4.78, 5) is 0. The topological polar surface area (TPSA) is 0 Å². The molecular weight excluding hydrogens is 432 g/mol. The minimum absolute atomic E-state index is 1.26. The minimum atomic E-state index is 1.26. The third-order valence-electron chi connectivity index (χ3n) is 7.80. The Labute approximate surface area is 209 Å². The summed E-state index contributed by atoms with van der Waals surface area (Å²) >= 11 is 0. The molecule has 0 nitrogen and oxygen atoms in total. The van der Waals surface area contributed by atoms with Gasteiger partial charge in [0.05, 0.1) is 0 Å². The predicted octanol–water partition coefficient (Wildman–Crippen LogP) is 10.3. The van der Waals surface area contributed by atoms with E-state index in [1.54, 1.807) is 0 Å². The lowest BCUT2D eigenvalue weighted by Crippen LogP contribution is -1.89. The van der Waals surface area contributed by atoms with E-state index >= 15 is 0 Å². The van der Waals surface area contributed by atoms with Gasteiger partial charge in [0.2, 0.25) is 0 Å². The van der Waals surface area contributed by atoms with Crippen LogP contribution in [0.4, 0.5) is 0 Å². The molecule has 0 radical (unpaired) electrons. The molecule has 0 unspecified atom stereocenters. The summed E-state index contributed by atoms with van der Waals surface area (Å²) in [6.45, 7) is 0. The van der Waals surface area contributed by atoms with Crippen LogP contribution >= 0.6 is 0 Å². The summed E-state index contributed by atoms with van der Waals surface area (Å²) in [5, 5.41) is 15.7. The average molecular weight is 455 g/mol. The van der Waals surface area contributed by atoms with Crippen LogP contribution in [0, 0.1) is 0 Å². The van der Waals surface area contributed by atoms with E-state index in [4.69, 9.17) is 0 Å². The van der Waals surface area contributed by atoms with E-state index in [9.17, 15) is 0 Å². The van der Waals surface area contributed by atoms with E-state index in [0.29, 0.717) is 0 Å². The molecule has 0 amide bonds. The maximum atomic E-state index is 2.43. The largest absolute Gasteiger partial charge is 0.0616 e. The van der Waals surface area contributed by atoms with Crippen molar-refractivity contribution in [1.82, 2.24) is 0 Å². The minimum Gasteiger partial charge on any atom is -0.0616 e. The van der Waals surface area contributed by atoms with Gasteiger partial charge in [-0.05, 0) is 87.9 Å². The summed E-state index contributed by atoms with van der Waals surface area (Å²) in [6.07, 6.45) is 0. The van der Waals surface area contributed by atoms with Gasteiger partial charge in [0.25, 0.3) is 0 Å². The predicted molar refractivity (Wildman–Crippen MR) is 157 cm³/mol. The van der Waals surface area contributed by atoms with Crippen LogP contribution in [0.1, 0.15) is 0 Å². The molecule has 0 aliphatic heterocycles. The van der Waals surface area contributed by atoms with Gasteiger partial charge in [0.1, 0.15) is 0 Å². The first kappa shape index (κ1) is 19.6. The molecule has 36 heavy (non-hydrogen) atoms. The summed E-state index contributed by atoms with van der Waals surface area (Å²) < 4.78 is 0. The van der Waals surface area contributed by atoms with Crippen molar-refractivity contribution in [3.05, 3.63) is 133 Å². The monoisotopic (exact) mass is 454 g/mol. The van der Waals surface area contributed by atoms with E-state index in [2.05, 4.69) is 133 Å². The van der Waals surface area contributed by atoms with Gasteiger partial charge in [0.15, 0.2) is 0 Å². The molecule has 8 aromatic carbocycles. The Morgan fingerprint density at radius 3 is 1.53 bits per heavy atom. The second-order valence-corrected chi connectivity index (χ2v) is 9.71. The second-order valence-electron chi connectivity index (χ2n) is 9.71. The molecule has 8 aromatic rings. The zero-order chi connectivity index (χ0) is 23.6. The molecule has 0 heteroatoms. The lowest BCUT2D eigenvalue weighted by Gasteiger charge is -2.16. The number of fused-ring (bicyclic) bond motifs is 11. The van der Waals surface area contributed by atoms with Crippen molar-refractivity contribution in [3.63, 3.8) is 0 Å². The van der Waals surface area contributed by atoms with Crippen LogP contribution in [0.25, 0.3) is 75.8 Å². The van der Waals surface area contributed by atoms with Crippen LogP contribution in [-0.2, 0) is 0 Å². The first-order chi connectivity index (χ1) is 17.9. The van der Waals surface area contributed by atoms with Gasteiger partial charge < -0.3 is 0 Å². The maximum Gasteiger partial charge on any atom is -0.00199 e. The smallest absolute Gasteiger partial charge is 0.00199 e. The normalized spacial score (nSPS) is 11.9. The van der Waals surface area contributed by atoms with Gasteiger partial charge in [-0.25, -0.2) is 0 Å². The van der Waals surface area contributed by atoms with Gasteiger partial charge in [-0.1, -0.05) is 121 Å². The van der Waals surface area contributed by atoms with E-state index < -0.39 is 0 Å². The third-order valence-corrected chi connectivity index (χ3v) is 7.80. The van der Waals surface area contributed by atoms with Crippen molar-refractivity contribution >= 4 is 64.6 Å². The van der Waals surface area contributed by atoms with Crippen LogP contribution in [0.5, 0.6) is 0 Å². The molecule has 8 rings (SSSR count). The molecule has 0 N–H and O–H groups in total. The first-order valence-corrected chi connectivity index (χ1v) is 12.5. The van der Waals surface area contributed by atoms with Crippen LogP contribution in [0.15, 0.2) is 133 Å². The number of benzene rings is 8. The Bertz CT molecular complexity index is 2150. The van der Waals surface area contributed by atoms with E-state index in [-0.39, 0.29) is 0 Å². The van der Waals surface area contributed by atoms with Crippen LogP contribution in [0.2, 0.25) is 0 Å². The highest BCUT2D eigenvalue weighted by molar-refractivity contribution is 6.33. The van der Waals surface area contributed by atoms with E-state index in [1.807, 2.05) is 0 Å². The summed E-state index contributed by atoms with van der Waals surface area (Å²) in [5.74, 6) is 0. The molecule has 0 aliphatic carbocycles. The molecule has 0 atom stereocenters. The standard InChI is InChI=1S/C36H22/c1-2-10-26-23(9-1)17-18-24-21-25(19-20-27(24)26)34-22-35-30-13-4-3-11-28(30)29-12-5-7-15-32(29)36(35)33-16-8-6-14-31(33)34/h1-22H. The van der Waals surface area contributed by atoms with Gasteiger partial charge >= 0.3 is 0 Å². The van der Waals surface area contributed by atoms with Crippen molar-refractivity contribution in [1.29, 1.82) is 0 Å². The molecule has 0 saturated carbocycles. The first-order valence-electron chi connectivity index (χ1n) is 12.5. The lowest BCUT2D eigenvalue weighted by molar-refractivity contribution is 1.71. The van der Waals surface area contributed by atoms with Crippen LogP contribution in [0.3, 0.4) is 0 Å². The van der Waals surface area contributed by atoms with Gasteiger partial charge in [0, 0.05) is 0 Å². The van der Waals surface area contributed by atoms with Gasteiger partial charge in [-0.15, -0.1) is 0 Å².